The highest BCUT2D eigenvalue weighted by molar-refractivity contribution is 5.88. The third kappa shape index (κ3) is 2.83. The molecule has 1 aromatic rings. The number of pyridine rings is 1. The quantitative estimate of drug-likeness (QED) is 0.716. The highest BCUT2D eigenvalue weighted by Gasteiger charge is 2.03. The van der Waals surface area contributed by atoms with Gasteiger partial charge in [-0.05, 0) is 19.1 Å². The van der Waals surface area contributed by atoms with Gasteiger partial charge in [0.1, 0.15) is 0 Å². The van der Waals surface area contributed by atoms with Crippen molar-refractivity contribution < 1.29 is 9.90 Å². The molecule has 4 heteroatoms. The van der Waals surface area contributed by atoms with Gasteiger partial charge in [0.25, 0.3) is 0 Å². The largest absolute Gasteiger partial charge is 0.387 e. The predicted octanol–water partition coefficient (Wildman–Crippen LogP) is 1.09. The van der Waals surface area contributed by atoms with Gasteiger partial charge in [0, 0.05) is 18.8 Å². The number of nitrogens with zero attached hydrogens (tertiary/aromatic N) is 1. The van der Waals surface area contributed by atoms with Crippen molar-refractivity contribution in [3.63, 3.8) is 0 Å². The first-order valence-corrected chi connectivity index (χ1v) is 4.01. The van der Waals surface area contributed by atoms with Gasteiger partial charge < -0.3 is 10.4 Å². The fourth-order valence-corrected chi connectivity index (χ4v) is 0.958. The number of hydrogen-bond donors (Lipinski definition) is 2. The first kappa shape index (κ1) is 9.67. The first-order chi connectivity index (χ1) is 6.09. The Hall–Kier alpha value is -1.42. The van der Waals surface area contributed by atoms with Crippen LogP contribution in [0.3, 0.4) is 0 Å². The second kappa shape index (κ2) is 4.00. The molecule has 0 bridgehead atoms. The van der Waals surface area contributed by atoms with Crippen LogP contribution in [-0.4, -0.2) is 16.0 Å². The highest BCUT2D eigenvalue weighted by atomic mass is 16.3. The van der Waals surface area contributed by atoms with Gasteiger partial charge in [-0.2, -0.15) is 0 Å². The lowest BCUT2D eigenvalue weighted by molar-refractivity contribution is -0.114. The number of carbonyl (C=O) groups is 1. The van der Waals surface area contributed by atoms with Crippen molar-refractivity contribution in [3.05, 3.63) is 24.0 Å². The number of hydrogen-bond acceptors (Lipinski definition) is 3. The Labute approximate surface area is 76.6 Å². The molecule has 1 aromatic heterocycles. The Bertz CT molecular complexity index is 310. The van der Waals surface area contributed by atoms with E-state index in [1.54, 1.807) is 25.3 Å². The molecule has 1 unspecified atom stereocenters. The molecular weight excluding hydrogens is 168 g/mol. The molecular formula is C9H12N2O2. The van der Waals surface area contributed by atoms with E-state index < -0.39 is 6.10 Å². The molecule has 1 atom stereocenters. The third-order valence-electron chi connectivity index (χ3n) is 1.53. The molecule has 0 saturated heterocycles. The van der Waals surface area contributed by atoms with Crippen LogP contribution in [0.4, 0.5) is 5.69 Å². The van der Waals surface area contributed by atoms with E-state index in [1.165, 1.54) is 6.92 Å². The molecule has 0 spiro atoms. The smallest absolute Gasteiger partial charge is 0.221 e. The van der Waals surface area contributed by atoms with Crippen molar-refractivity contribution in [2.24, 2.45) is 0 Å². The van der Waals surface area contributed by atoms with E-state index in [4.69, 9.17) is 0 Å². The molecule has 1 heterocycles. The molecule has 0 aliphatic rings. The molecule has 2 N–H and O–H groups in total. The van der Waals surface area contributed by atoms with E-state index in [2.05, 4.69) is 10.3 Å². The molecule has 13 heavy (non-hydrogen) atoms. The van der Waals surface area contributed by atoms with E-state index in [9.17, 15) is 9.90 Å². The number of anilines is 1. The van der Waals surface area contributed by atoms with Crippen molar-refractivity contribution in [2.75, 3.05) is 5.32 Å². The minimum Gasteiger partial charge on any atom is -0.387 e. The van der Waals surface area contributed by atoms with Crippen LogP contribution in [0.25, 0.3) is 0 Å². The number of carbonyl (C=O) groups excluding carboxylic acids is 1. The molecule has 0 fully saturated rings. The minimum atomic E-state index is -0.617. The van der Waals surface area contributed by atoms with Crippen molar-refractivity contribution >= 4 is 11.6 Å². The minimum absolute atomic E-state index is 0.136. The predicted molar refractivity (Wildman–Crippen MR) is 49.2 cm³/mol. The summed E-state index contributed by atoms with van der Waals surface area (Å²) in [5.41, 5.74) is 1.20. The average Bonchev–Trinajstić information content (AvgIpc) is 2.03. The maximum absolute atomic E-state index is 10.7. The Morgan fingerprint density at radius 1 is 1.69 bits per heavy atom. The van der Waals surface area contributed by atoms with E-state index >= 15 is 0 Å². The molecule has 1 amide bonds. The fraction of sp³-hybridized carbons (Fsp3) is 0.333. The molecule has 0 aliphatic heterocycles. The summed E-state index contributed by atoms with van der Waals surface area (Å²) < 4.78 is 0. The number of rotatable bonds is 2. The summed E-state index contributed by atoms with van der Waals surface area (Å²) >= 11 is 0. The normalized spacial score (nSPS) is 12.2. The van der Waals surface area contributed by atoms with Crippen molar-refractivity contribution in [3.8, 4) is 0 Å². The lowest BCUT2D eigenvalue weighted by Crippen LogP contribution is -2.06. The number of nitrogens with one attached hydrogen (secondary N) is 1. The summed E-state index contributed by atoms with van der Waals surface area (Å²) in [6, 6.07) is 3.32. The average molecular weight is 180 g/mol. The van der Waals surface area contributed by atoms with E-state index in [1.807, 2.05) is 0 Å². The number of amides is 1. The summed E-state index contributed by atoms with van der Waals surface area (Å²) in [4.78, 5) is 14.6. The summed E-state index contributed by atoms with van der Waals surface area (Å²) in [6.07, 6.45) is 0.932. The van der Waals surface area contributed by atoms with Crippen LogP contribution in [-0.2, 0) is 4.79 Å². The van der Waals surface area contributed by atoms with Crippen molar-refractivity contribution in [1.82, 2.24) is 4.98 Å². The van der Waals surface area contributed by atoms with Crippen LogP contribution < -0.4 is 5.32 Å². The first-order valence-electron chi connectivity index (χ1n) is 4.01. The van der Waals surface area contributed by atoms with Gasteiger partial charge in [-0.15, -0.1) is 0 Å². The maximum Gasteiger partial charge on any atom is 0.221 e. The standard InChI is InChI=1S/C9H12N2O2/c1-6(12)9-5-8(3-4-10-9)11-7(2)13/h3-6,12H,1-2H3,(H,10,11,13). The Balaban J connectivity index is 2.85. The van der Waals surface area contributed by atoms with Gasteiger partial charge in [0.15, 0.2) is 0 Å². The van der Waals surface area contributed by atoms with Crippen LogP contribution >= 0.6 is 0 Å². The molecule has 4 nitrogen and oxygen atoms in total. The molecule has 0 saturated carbocycles. The monoisotopic (exact) mass is 180 g/mol. The van der Waals surface area contributed by atoms with Crippen LogP contribution in [0, 0.1) is 0 Å². The Morgan fingerprint density at radius 3 is 2.92 bits per heavy atom. The van der Waals surface area contributed by atoms with Gasteiger partial charge in [-0.3, -0.25) is 9.78 Å². The molecule has 0 aromatic carbocycles. The Kier molecular flexibility index (Phi) is 2.97. The second-order valence-electron chi connectivity index (χ2n) is 2.83. The SMILES string of the molecule is CC(=O)Nc1ccnc(C(C)O)c1. The number of aliphatic hydroxyl groups is 1. The third-order valence-corrected chi connectivity index (χ3v) is 1.53. The number of aromatic nitrogens is 1. The lowest BCUT2D eigenvalue weighted by atomic mass is 10.2. The van der Waals surface area contributed by atoms with Crippen LogP contribution in [0.2, 0.25) is 0 Å². The van der Waals surface area contributed by atoms with Crippen LogP contribution in [0.1, 0.15) is 25.6 Å². The molecule has 70 valence electrons. The van der Waals surface area contributed by atoms with Gasteiger partial charge in [0.05, 0.1) is 11.8 Å². The summed E-state index contributed by atoms with van der Waals surface area (Å²) in [5, 5.41) is 11.8. The molecule has 0 aliphatic carbocycles. The summed E-state index contributed by atoms with van der Waals surface area (Å²) in [5.74, 6) is -0.136. The van der Waals surface area contributed by atoms with Gasteiger partial charge in [-0.1, -0.05) is 0 Å². The van der Waals surface area contributed by atoms with E-state index in [0.717, 1.165) is 0 Å². The van der Waals surface area contributed by atoms with Gasteiger partial charge in [0.2, 0.25) is 5.91 Å². The zero-order valence-electron chi connectivity index (χ0n) is 7.61. The maximum atomic E-state index is 10.7. The van der Waals surface area contributed by atoms with Gasteiger partial charge in [-0.25, -0.2) is 0 Å². The zero-order valence-corrected chi connectivity index (χ0v) is 7.61. The fourth-order valence-electron chi connectivity index (χ4n) is 0.958. The molecule has 1 rings (SSSR count). The Morgan fingerprint density at radius 2 is 2.38 bits per heavy atom. The highest BCUT2D eigenvalue weighted by Crippen LogP contribution is 2.13. The zero-order chi connectivity index (χ0) is 9.84. The van der Waals surface area contributed by atoms with Crippen molar-refractivity contribution in [1.29, 1.82) is 0 Å². The van der Waals surface area contributed by atoms with Crippen LogP contribution in [0.5, 0.6) is 0 Å². The van der Waals surface area contributed by atoms with Crippen molar-refractivity contribution in [2.45, 2.75) is 20.0 Å². The summed E-state index contributed by atoms with van der Waals surface area (Å²) in [6.45, 7) is 3.06. The summed E-state index contributed by atoms with van der Waals surface area (Å²) in [7, 11) is 0. The second-order valence-corrected chi connectivity index (χ2v) is 2.83. The number of aliphatic hydroxyl groups excluding tert-OH is 1. The van der Waals surface area contributed by atoms with Gasteiger partial charge >= 0.3 is 0 Å². The van der Waals surface area contributed by atoms with E-state index in [0.29, 0.717) is 11.4 Å². The lowest BCUT2D eigenvalue weighted by Gasteiger charge is -2.06. The topological polar surface area (TPSA) is 62.2 Å². The van der Waals surface area contributed by atoms with Crippen LogP contribution in [0.15, 0.2) is 18.3 Å². The van der Waals surface area contributed by atoms with E-state index in [-0.39, 0.29) is 5.91 Å². The molecule has 0 radical (unpaired) electrons.